The molecule has 0 aliphatic rings. The fraction of sp³-hybridized carbons (Fsp3) is 0.100. The molecule has 3 aromatic rings. The molecule has 0 saturated heterocycles. The average Bonchev–Trinajstić information content (AvgIpc) is 2.71. The molecule has 3 aromatic carbocycles. The number of nitro groups is 1. The number of aryl methyl sites for hydroxylation is 2. The summed E-state index contributed by atoms with van der Waals surface area (Å²) in [5.74, 6) is 0. The van der Waals surface area contributed by atoms with E-state index in [1.807, 2.05) is 13.8 Å². The summed E-state index contributed by atoms with van der Waals surface area (Å²) in [6.07, 6.45) is 0. The van der Waals surface area contributed by atoms with Gasteiger partial charge in [-0.25, -0.2) is 0 Å². The molecule has 31 heavy (non-hydrogen) atoms. The fourth-order valence-corrected chi connectivity index (χ4v) is 4.14. The maximum Gasteiger partial charge on any atom is 0.271 e. The lowest BCUT2D eigenvalue weighted by Crippen LogP contribution is -2.25. The van der Waals surface area contributed by atoms with Crippen LogP contribution < -0.4 is 8.61 Å². The van der Waals surface area contributed by atoms with Gasteiger partial charge >= 0.3 is 0 Å². The van der Waals surface area contributed by atoms with Crippen molar-refractivity contribution >= 4 is 51.0 Å². The van der Waals surface area contributed by atoms with Gasteiger partial charge in [0.2, 0.25) is 0 Å². The molecule has 3 rings (SSSR count). The zero-order valence-corrected chi connectivity index (χ0v) is 18.1. The summed E-state index contributed by atoms with van der Waals surface area (Å²) in [7, 11) is 0. The number of benzene rings is 3. The zero-order chi connectivity index (χ0) is 22.7. The molecule has 11 heteroatoms. The van der Waals surface area contributed by atoms with Gasteiger partial charge in [-0.3, -0.25) is 27.1 Å². The third-order valence-corrected chi connectivity index (χ3v) is 5.85. The first kappa shape index (κ1) is 22.6. The van der Waals surface area contributed by atoms with Crippen LogP contribution in [0.2, 0.25) is 0 Å². The standard InChI is InChI=1S/C20H19N3O6S2/c1-14-3-7-16(8-4-14)21(30(26)27)19-12-11-18(23(24)25)13-20(19)22(31(28)29)17-9-5-15(2)6-10-17/h3-13H,1-2H3,(H,26,27)(H,28,29)/p-2. The Kier molecular flexibility index (Phi) is 6.81. The summed E-state index contributed by atoms with van der Waals surface area (Å²) in [6, 6.07) is 16.3. The molecule has 0 radical (unpaired) electrons. The van der Waals surface area contributed by atoms with Crippen molar-refractivity contribution in [1.82, 2.24) is 0 Å². The van der Waals surface area contributed by atoms with E-state index >= 15 is 0 Å². The molecule has 0 aliphatic heterocycles. The molecule has 162 valence electrons. The van der Waals surface area contributed by atoms with E-state index in [0.29, 0.717) is 0 Å². The van der Waals surface area contributed by atoms with E-state index in [-0.39, 0.29) is 28.4 Å². The molecule has 0 bridgehead atoms. The Morgan fingerprint density at radius 3 is 1.52 bits per heavy atom. The maximum atomic E-state index is 12.2. The summed E-state index contributed by atoms with van der Waals surface area (Å²) < 4.78 is 50.3. The highest BCUT2D eigenvalue weighted by Crippen LogP contribution is 2.41. The van der Waals surface area contributed by atoms with Crippen molar-refractivity contribution < 1.29 is 22.4 Å². The molecule has 0 N–H and O–H groups in total. The van der Waals surface area contributed by atoms with Crippen LogP contribution in [0.5, 0.6) is 0 Å². The highest BCUT2D eigenvalue weighted by molar-refractivity contribution is 7.81. The van der Waals surface area contributed by atoms with E-state index in [1.165, 1.54) is 18.2 Å². The first-order valence-corrected chi connectivity index (χ1v) is 11.0. The van der Waals surface area contributed by atoms with Crippen LogP contribution in [-0.4, -0.2) is 22.4 Å². The number of rotatable bonds is 7. The minimum atomic E-state index is -2.90. The van der Waals surface area contributed by atoms with E-state index in [0.717, 1.165) is 31.9 Å². The molecule has 0 saturated carbocycles. The van der Waals surface area contributed by atoms with Crippen molar-refractivity contribution in [1.29, 1.82) is 0 Å². The molecule has 2 unspecified atom stereocenters. The minimum absolute atomic E-state index is 0.0624. The predicted octanol–water partition coefficient (Wildman–Crippen LogP) is 4.08. The smallest absolute Gasteiger partial charge is 0.271 e. The Labute approximate surface area is 183 Å². The van der Waals surface area contributed by atoms with Crippen LogP contribution in [0, 0.1) is 24.0 Å². The Hall–Kier alpha value is -3.12. The van der Waals surface area contributed by atoms with E-state index in [9.17, 15) is 27.6 Å². The quantitative estimate of drug-likeness (QED) is 0.297. The van der Waals surface area contributed by atoms with Gasteiger partial charge in [-0.15, -0.1) is 0 Å². The van der Waals surface area contributed by atoms with Crippen molar-refractivity contribution in [3.63, 3.8) is 0 Å². The minimum Gasteiger partial charge on any atom is -0.755 e. The summed E-state index contributed by atoms with van der Waals surface area (Å²) in [4.78, 5) is 10.7. The van der Waals surface area contributed by atoms with Crippen LogP contribution in [0.1, 0.15) is 11.1 Å². The predicted molar refractivity (Wildman–Crippen MR) is 118 cm³/mol. The van der Waals surface area contributed by atoms with Crippen LogP contribution in [0.4, 0.5) is 28.4 Å². The Bertz CT molecular complexity index is 1150. The van der Waals surface area contributed by atoms with Crippen LogP contribution >= 0.6 is 0 Å². The van der Waals surface area contributed by atoms with Crippen LogP contribution in [0.3, 0.4) is 0 Å². The van der Waals surface area contributed by atoms with Gasteiger partial charge in [0.05, 0.1) is 50.2 Å². The van der Waals surface area contributed by atoms with Gasteiger partial charge in [-0.1, -0.05) is 35.4 Å². The third-order valence-electron chi connectivity index (χ3n) is 4.44. The summed E-state index contributed by atoms with van der Waals surface area (Å²) in [5.41, 5.74) is 1.58. The Balaban J connectivity index is 2.28. The van der Waals surface area contributed by atoms with E-state index in [1.54, 1.807) is 36.4 Å². The first-order chi connectivity index (χ1) is 14.7. The van der Waals surface area contributed by atoms with Gasteiger partial charge in [0.1, 0.15) is 0 Å². The molecule has 0 aliphatic carbocycles. The molecule has 0 fully saturated rings. The largest absolute Gasteiger partial charge is 0.755 e. The van der Waals surface area contributed by atoms with Crippen molar-refractivity contribution in [3.8, 4) is 0 Å². The monoisotopic (exact) mass is 459 g/mol. The van der Waals surface area contributed by atoms with Gasteiger partial charge in [-0.05, 0) is 44.2 Å². The average molecular weight is 460 g/mol. The van der Waals surface area contributed by atoms with Gasteiger partial charge < -0.3 is 9.11 Å². The van der Waals surface area contributed by atoms with Crippen LogP contribution in [-0.2, 0) is 22.5 Å². The Morgan fingerprint density at radius 2 is 1.13 bits per heavy atom. The second kappa shape index (κ2) is 9.35. The van der Waals surface area contributed by atoms with Crippen molar-refractivity contribution in [2.45, 2.75) is 13.8 Å². The number of nitro benzene ring substituents is 1. The normalized spacial score (nSPS) is 12.8. The molecular formula is C20H17N3O6S2-2. The lowest BCUT2D eigenvalue weighted by Gasteiger charge is -2.33. The van der Waals surface area contributed by atoms with Gasteiger partial charge in [0, 0.05) is 12.1 Å². The second-order valence-corrected chi connectivity index (χ2v) is 8.22. The molecular weight excluding hydrogens is 442 g/mol. The molecule has 0 aromatic heterocycles. The first-order valence-electron chi connectivity index (χ1n) is 8.90. The Morgan fingerprint density at radius 1 is 0.710 bits per heavy atom. The van der Waals surface area contributed by atoms with E-state index in [4.69, 9.17) is 0 Å². The summed E-state index contributed by atoms with van der Waals surface area (Å²) >= 11 is -5.74. The number of non-ortho nitro benzene ring substituents is 1. The molecule has 9 nitrogen and oxygen atoms in total. The van der Waals surface area contributed by atoms with Crippen LogP contribution in [0.15, 0.2) is 66.7 Å². The van der Waals surface area contributed by atoms with E-state index < -0.39 is 27.5 Å². The molecule has 0 spiro atoms. The number of hydrogen-bond acceptors (Lipinski definition) is 6. The number of anilines is 4. The number of nitrogens with zero attached hydrogens (tertiary/aromatic N) is 3. The number of hydrogen-bond donors (Lipinski definition) is 0. The van der Waals surface area contributed by atoms with E-state index in [2.05, 4.69) is 0 Å². The second-order valence-electron chi connectivity index (χ2n) is 6.62. The van der Waals surface area contributed by atoms with Crippen molar-refractivity contribution in [2.75, 3.05) is 8.61 Å². The third kappa shape index (κ3) is 4.97. The van der Waals surface area contributed by atoms with Gasteiger partial charge in [0.25, 0.3) is 5.69 Å². The maximum absolute atomic E-state index is 12.2. The lowest BCUT2D eigenvalue weighted by molar-refractivity contribution is -0.384. The fourth-order valence-electron chi connectivity index (χ4n) is 2.93. The zero-order valence-electron chi connectivity index (χ0n) is 16.5. The van der Waals surface area contributed by atoms with Crippen LogP contribution in [0.25, 0.3) is 0 Å². The summed E-state index contributed by atoms with van der Waals surface area (Å²) in [5, 5.41) is 11.3. The highest BCUT2D eigenvalue weighted by Gasteiger charge is 2.24. The van der Waals surface area contributed by atoms with Crippen molar-refractivity contribution in [3.05, 3.63) is 88.0 Å². The molecule has 0 heterocycles. The summed E-state index contributed by atoms with van der Waals surface area (Å²) in [6.45, 7) is 3.65. The molecule has 2 atom stereocenters. The highest BCUT2D eigenvalue weighted by atomic mass is 32.2. The molecule has 0 amide bonds. The lowest BCUT2D eigenvalue weighted by atomic mass is 10.2. The van der Waals surface area contributed by atoms with Gasteiger partial charge in [-0.2, -0.15) is 0 Å². The van der Waals surface area contributed by atoms with Gasteiger partial charge in [0.15, 0.2) is 0 Å². The van der Waals surface area contributed by atoms with Crippen molar-refractivity contribution in [2.24, 2.45) is 0 Å². The SMILES string of the molecule is Cc1ccc(N(c2ccc([N+](=O)[O-])cc2N(c2ccc(C)cc2)S(=O)[O-])S(=O)[O-])cc1. The topological polar surface area (TPSA) is 130 Å².